The Morgan fingerprint density at radius 2 is 1.81 bits per heavy atom. The van der Waals surface area contributed by atoms with Crippen molar-refractivity contribution in [3.63, 3.8) is 0 Å². The van der Waals surface area contributed by atoms with E-state index in [-0.39, 0.29) is 18.7 Å². The van der Waals surface area contributed by atoms with Gasteiger partial charge in [0.1, 0.15) is 6.61 Å². The molecule has 0 aromatic rings. The minimum Gasteiger partial charge on any atom is -0.480 e. The van der Waals surface area contributed by atoms with Crippen molar-refractivity contribution in [1.82, 2.24) is 10.2 Å². The quantitative estimate of drug-likeness (QED) is 0.784. The lowest BCUT2D eigenvalue weighted by Crippen LogP contribution is -2.46. The molecule has 1 saturated carbocycles. The van der Waals surface area contributed by atoms with Crippen LogP contribution in [-0.2, 0) is 9.53 Å². The minimum absolute atomic E-state index is 0.00433. The SMILES string of the molecule is O=C(O)COC1CCN(C(=O)NCCC2CCCC2)CC1. The summed E-state index contributed by atoms with van der Waals surface area (Å²) >= 11 is 0. The van der Waals surface area contributed by atoms with Crippen molar-refractivity contribution in [2.75, 3.05) is 26.2 Å². The number of urea groups is 1. The van der Waals surface area contributed by atoms with Gasteiger partial charge in [-0.2, -0.15) is 0 Å². The van der Waals surface area contributed by atoms with Crippen LogP contribution in [-0.4, -0.2) is 54.4 Å². The smallest absolute Gasteiger partial charge is 0.329 e. The van der Waals surface area contributed by atoms with Crippen molar-refractivity contribution in [3.05, 3.63) is 0 Å². The summed E-state index contributed by atoms with van der Waals surface area (Å²) in [5.41, 5.74) is 0. The first-order chi connectivity index (χ1) is 10.1. The molecule has 0 aromatic carbocycles. The van der Waals surface area contributed by atoms with Crippen LogP contribution in [0.2, 0.25) is 0 Å². The number of nitrogens with zero attached hydrogens (tertiary/aromatic N) is 1. The molecule has 120 valence electrons. The molecule has 0 unspecified atom stereocenters. The highest BCUT2D eigenvalue weighted by Gasteiger charge is 2.23. The molecule has 2 aliphatic rings. The summed E-state index contributed by atoms with van der Waals surface area (Å²) in [6.45, 7) is 1.79. The molecule has 1 aliphatic carbocycles. The lowest BCUT2D eigenvalue weighted by molar-refractivity contribution is -0.145. The summed E-state index contributed by atoms with van der Waals surface area (Å²) in [6.07, 6.45) is 7.76. The number of hydrogen-bond donors (Lipinski definition) is 2. The second-order valence-corrected chi connectivity index (χ2v) is 6.06. The van der Waals surface area contributed by atoms with Crippen LogP contribution in [0.15, 0.2) is 0 Å². The number of likely N-dealkylation sites (tertiary alicyclic amines) is 1. The first-order valence-electron chi connectivity index (χ1n) is 8.01. The zero-order valence-electron chi connectivity index (χ0n) is 12.6. The lowest BCUT2D eigenvalue weighted by Gasteiger charge is -2.31. The molecular formula is C15H26N2O4. The third-order valence-corrected chi connectivity index (χ3v) is 4.48. The van der Waals surface area contributed by atoms with Gasteiger partial charge < -0.3 is 20.1 Å². The molecule has 1 aliphatic heterocycles. The summed E-state index contributed by atoms with van der Waals surface area (Å²) in [5.74, 6) is -0.150. The fourth-order valence-corrected chi connectivity index (χ4v) is 3.21. The first kappa shape index (κ1) is 16.1. The highest BCUT2D eigenvalue weighted by molar-refractivity contribution is 5.74. The maximum absolute atomic E-state index is 12.0. The van der Waals surface area contributed by atoms with Gasteiger partial charge >= 0.3 is 12.0 Å². The minimum atomic E-state index is -0.943. The Bertz CT molecular complexity index is 348. The molecular weight excluding hydrogens is 272 g/mol. The predicted octanol–water partition coefficient (Wildman–Crippen LogP) is 1.84. The van der Waals surface area contributed by atoms with Gasteiger partial charge in [-0.1, -0.05) is 25.7 Å². The molecule has 0 radical (unpaired) electrons. The van der Waals surface area contributed by atoms with Gasteiger partial charge in [-0.15, -0.1) is 0 Å². The van der Waals surface area contributed by atoms with Crippen molar-refractivity contribution in [2.24, 2.45) is 5.92 Å². The van der Waals surface area contributed by atoms with Crippen molar-refractivity contribution in [1.29, 1.82) is 0 Å². The molecule has 21 heavy (non-hydrogen) atoms. The van der Waals surface area contributed by atoms with Crippen LogP contribution in [0.3, 0.4) is 0 Å². The fourth-order valence-electron chi connectivity index (χ4n) is 3.21. The monoisotopic (exact) mass is 298 g/mol. The van der Waals surface area contributed by atoms with Crippen LogP contribution < -0.4 is 5.32 Å². The molecule has 6 heteroatoms. The van der Waals surface area contributed by atoms with Gasteiger partial charge in [0.25, 0.3) is 0 Å². The summed E-state index contributed by atoms with van der Waals surface area (Å²) in [7, 11) is 0. The van der Waals surface area contributed by atoms with Crippen molar-refractivity contribution in [2.45, 2.75) is 51.0 Å². The number of carbonyl (C=O) groups excluding carboxylic acids is 1. The molecule has 2 fully saturated rings. The molecule has 1 saturated heterocycles. The zero-order valence-corrected chi connectivity index (χ0v) is 12.6. The number of amides is 2. The first-order valence-corrected chi connectivity index (χ1v) is 8.01. The van der Waals surface area contributed by atoms with Gasteiger partial charge in [-0.25, -0.2) is 9.59 Å². The molecule has 2 rings (SSSR count). The van der Waals surface area contributed by atoms with Gasteiger partial charge in [0.05, 0.1) is 6.10 Å². The van der Waals surface area contributed by atoms with Crippen LogP contribution in [0.25, 0.3) is 0 Å². The number of aliphatic carboxylic acids is 1. The Morgan fingerprint density at radius 1 is 1.14 bits per heavy atom. The molecule has 0 spiro atoms. The number of carboxylic acids is 1. The van der Waals surface area contributed by atoms with E-state index in [1.165, 1.54) is 25.7 Å². The Balaban J connectivity index is 1.57. The topological polar surface area (TPSA) is 78.9 Å². The van der Waals surface area contributed by atoms with E-state index in [4.69, 9.17) is 9.84 Å². The number of rotatable bonds is 6. The Hall–Kier alpha value is -1.30. The van der Waals surface area contributed by atoms with Crippen LogP contribution >= 0.6 is 0 Å². The number of piperidine rings is 1. The second-order valence-electron chi connectivity index (χ2n) is 6.06. The summed E-state index contributed by atoms with van der Waals surface area (Å²) in [5, 5.41) is 11.6. The Kier molecular flexibility index (Phi) is 6.29. The zero-order chi connectivity index (χ0) is 15.1. The van der Waals surface area contributed by atoms with Gasteiger partial charge in [0, 0.05) is 19.6 Å². The molecule has 0 aromatic heterocycles. The van der Waals surface area contributed by atoms with Crippen LogP contribution in [0, 0.1) is 5.92 Å². The third kappa shape index (κ3) is 5.53. The maximum atomic E-state index is 12.0. The van der Waals surface area contributed by atoms with E-state index in [1.807, 2.05) is 0 Å². The standard InChI is InChI=1S/C15H26N2O4/c18-14(19)11-21-13-6-9-17(10-7-13)15(20)16-8-5-12-3-1-2-4-12/h12-13H,1-11H2,(H,16,20)(H,18,19). The normalized spacial score (nSPS) is 20.7. The van der Waals surface area contributed by atoms with Crippen molar-refractivity contribution in [3.8, 4) is 0 Å². The highest BCUT2D eigenvalue weighted by Crippen LogP contribution is 2.26. The number of carboxylic acid groups (broad SMARTS) is 1. The van der Waals surface area contributed by atoms with E-state index in [2.05, 4.69) is 5.32 Å². The van der Waals surface area contributed by atoms with E-state index >= 15 is 0 Å². The van der Waals surface area contributed by atoms with E-state index in [1.54, 1.807) is 4.90 Å². The molecule has 6 nitrogen and oxygen atoms in total. The second kappa shape index (κ2) is 8.22. The summed E-state index contributed by atoms with van der Waals surface area (Å²) in [6, 6.07) is 0.00433. The summed E-state index contributed by atoms with van der Waals surface area (Å²) in [4.78, 5) is 24.3. The van der Waals surface area contributed by atoms with Gasteiger partial charge in [-0.3, -0.25) is 0 Å². The van der Waals surface area contributed by atoms with Gasteiger partial charge in [0.2, 0.25) is 0 Å². The van der Waals surface area contributed by atoms with Crippen molar-refractivity contribution >= 4 is 12.0 Å². The maximum Gasteiger partial charge on any atom is 0.329 e. The lowest BCUT2D eigenvalue weighted by atomic mass is 10.0. The van der Waals surface area contributed by atoms with Crippen LogP contribution in [0.1, 0.15) is 44.9 Å². The van der Waals surface area contributed by atoms with E-state index < -0.39 is 5.97 Å². The predicted molar refractivity (Wildman–Crippen MR) is 78.2 cm³/mol. The van der Waals surface area contributed by atoms with Crippen molar-refractivity contribution < 1.29 is 19.4 Å². The van der Waals surface area contributed by atoms with E-state index in [9.17, 15) is 9.59 Å². The number of ether oxygens (including phenoxy) is 1. The third-order valence-electron chi connectivity index (χ3n) is 4.48. The molecule has 0 bridgehead atoms. The van der Waals surface area contributed by atoms with Gasteiger partial charge in [-0.05, 0) is 25.2 Å². The van der Waals surface area contributed by atoms with Gasteiger partial charge in [0.15, 0.2) is 0 Å². The van der Waals surface area contributed by atoms with E-state index in [0.29, 0.717) is 25.9 Å². The Labute approximate surface area is 125 Å². The van der Waals surface area contributed by atoms with Crippen LogP contribution in [0.5, 0.6) is 0 Å². The molecule has 2 N–H and O–H groups in total. The average molecular weight is 298 g/mol. The molecule has 0 atom stereocenters. The Morgan fingerprint density at radius 3 is 2.43 bits per heavy atom. The summed E-state index contributed by atoms with van der Waals surface area (Å²) < 4.78 is 5.26. The molecule has 1 heterocycles. The number of carbonyl (C=O) groups is 2. The van der Waals surface area contributed by atoms with Crippen LogP contribution in [0.4, 0.5) is 4.79 Å². The number of nitrogens with one attached hydrogen (secondary N) is 1. The number of hydrogen-bond acceptors (Lipinski definition) is 3. The molecule has 2 amide bonds. The largest absolute Gasteiger partial charge is 0.480 e. The highest BCUT2D eigenvalue weighted by atomic mass is 16.5. The van der Waals surface area contributed by atoms with E-state index in [0.717, 1.165) is 18.9 Å². The fraction of sp³-hybridized carbons (Fsp3) is 0.867. The average Bonchev–Trinajstić information content (AvgIpc) is 2.99.